The Kier molecular flexibility index (Phi) is 8.44. The van der Waals surface area contributed by atoms with Gasteiger partial charge in [0.15, 0.2) is 0 Å². The molecule has 0 aromatic heterocycles. The molecule has 0 unspecified atom stereocenters. The predicted octanol–water partition coefficient (Wildman–Crippen LogP) is 2.47. The maximum atomic E-state index is 12.2. The van der Waals surface area contributed by atoms with Crippen molar-refractivity contribution in [1.29, 1.82) is 0 Å². The number of carbonyl (C=O) groups excluding carboxylic acids is 2. The molecule has 6 heteroatoms. The number of benzene rings is 1. The zero-order valence-electron chi connectivity index (χ0n) is 15.4. The van der Waals surface area contributed by atoms with Crippen LogP contribution in [0.2, 0.25) is 0 Å². The summed E-state index contributed by atoms with van der Waals surface area (Å²) in [6.07, 6.45) is 0. The monoisotopic (exact) mass is 355 g/mol. The van der Waals surface area contributed by atoms with Gasteiger partial charge >= 0.3 is 0 Å². The van der Waals surface area contributed by atoms with Crippen LogP contribution in [0.5, 0.6) is 0 Å². The van der Waals surface area contributed by atoms with E-state index in [-0.39, 0.29) is 42.1 Å². The van der Waals surface area contributed by atoms with Crippen LogP contribution in [0, 0.1) is 5.92 Å². The molecule has 136 valence electrons. The molecule has 0 aliphatic heterocycles. The van der Waals surface area contributed by atoms with Crippen LogP contribution in [-0.2, 0) is 15.0 Å². The summed E-state index contributed by atoms with van der Waals surface area (Å²) < 4.78 is 0. The van der Waals surface area contributed by atoms with Gasteiger partial charge in [-0.3, -0.25) is 9.59 Å². The normalized spacial score (nSPS) is 12.3. The zero-order chi connectivity index (χ0) is 17.8. The average Bonchev–Trinajstić information content (AvgIpc) is 2.49. The number of anilines is 1. The van der Waals surface area contributed by atoms with Gasteiger partial charge < -0.3 is 16.0 Å². The van der Waals surface area contributed by atoms with Gasteiger partial charge in [0, 0.05) is 12.7 Å². The lowest BCUT2D eigenvalue weighted by atomic mass is 9.87. The number of amides is 2. The Hall–Kier alpha value is -1.59. The van der Waals surface area contributed by atoms with E-state index >= 15 is 0 Å². The van der Waals surface area contributed by atoms with E-state index in [0.29, 0.717) is 0 Å². The number of nitrogens with zero attached hydrogens (tertiary/aromatic N) is 1. The summed E-state index contributed by atoms with van der Waals surface area (Å²) in [5.41, 5.74) is 7.83. The number of halogens is 1. The van der Waals surface area contributed by atoms with Gasteiger partial charge in [-0.05, 0) is 29.0 Å². The molecule has 1 rings (SSSR count). The first-order chi connectivity index (χ1) is 10.5. The second-order valence-corrected chi connectivity index (χ2v) is 7.24. The maximum Gasteiger partial charge on any atom is 0.246 e. The van der Waals surface area contributed by atoms with Crippen molar-refractivity contribution in [3.8, 4) is 0 Å². The highest BCUT2D eigenvalue weighted by Crippen LogP contribution is 2.24. The van der Waals surface area contributed by atoms with Gasteiger partial charge in [0.1, 0.15) is 0 Å². The van der Waals surface area contributed by atoms with Gasteiger partial charge in [-0.1, -0.05) is 46.8 Å². The molecule has 0 aliphatic rings. The van der Waals surface area contributed by atoms with Crippen molar-refractivity contribution in [2.24, 2.45) is 11.7 Å². The summed E-state index contributed by atoms with van der Waals surface area (Å²) in [5.74, 6) is -0.449. The fourth-order valence-electron chi connectivity index (χ4n) is 2.03. The standard InChI is InChI=1S/C18H29N3O2.ClH/c1-12(2)16(19)17(23)20-11-15(22)21(6)14-9-7-13(8-10-14)18(3,4)5;/h7-10,12,16H,11,19H2,1-6H3,(H,20,23);1H/t16-;/m0./s1. The first-order valence-corrected chi connectivity index (χ1v) is 7.94. The van der Waals surface area contributed by atoms with Gasteiger partial charge in [0.05, 0.1) is 12.6 Å². The van der Waals surface area contributed by atoms with Crippen LogP contribution < -0.4 is 16.0 Å². The molecule has 0 spiro atoms. The number of hydrogen-bond donors (Lipinski definition) is 2. The van der Waals surface area contributed by atoms with Gasteiger partial charge in [-0.25, -0.2) is 0 Å². The minimum atomic E-state index is -0.598. The predicted molar refractivity (Wildman–Crippen MR) is 102 cm³/mol. The summed E-state index contributed by atoms with van der Waals surface area (Å²) in [7, 11) is 1.70. The molecule has 1 atom stereocenters. The second-order valence-electron chi connectivity index (χ2n) is 7.24. The molecular formula is C18H30ClN3O2. The maximum absolute atomic E-state index is 12.2. The summed E-state index contributed by atoms with van der Waals surface area (Å²) >= 11 is 0. The third-order valence-corrected chi connectivity index (χ3v) is 3.93. The quantitative estimate of drug-likeness (QED) is 0.851. The Morgan fingerprint density at radius 1 is 1.17 bits per heavy atom. The van der Waals surface area contributed by atoms with E-state index < -0.39 is 6.04 Å². The van der Waals surface area contributed by atoms with Crippen LogP contribution in [0.4, 0.5) is 5.69 Å². The van der Waals surface area contributed by atoms with Crippen molar-refractivity contribution in [3.05, 3.63) is 29.8 Å². The highest BCUT2D eigenvalue weighted by molar-refractivity contribution is 5.96. The molecule has 5 nitrogen and oxygen atoms in total. The van der Waals surface area contributed by atoms with E-state index in [1.54, 1.807) is 7.05 Å². The molecule has 1 aromatic carbocycles. The summed E-state index contributed by atoms with van der Waals surface area (Å²) in [6.45, 7) is 10.1. The first-order valence-electron chi connectivity index (χ1n) is 7.94. The molecule has 0 saturated heterocycles. The van der Waals surface area contributed by atoms with Crippen molar-refractivity contribution < 1.29 is 9.59 Å². The highest BCUT2D eigenvalue weighted by atomic mass is 35.5. The fraction of sp³-hybridized carbons (Fsp3) is 0.556. The lowest BCUT2D eigenvalue weighted by molar-refractivity contribution is -0.126. The molecule has 0 bridgehead atoms. The Bertz CT molecular complexity index is 550. The number of carbonyl (C=O) groups is 2. The topological polar surface area (TPSA) is 75.4 Å². The van der Waals surface area contributed by atoms with Crippen molar-refractivity contribution in [3.63, 3.8) is 0 Å². The molecule has 2 amide bonds. The van der Waals surface area contributed by atoms with Crippen LogP contribution in [0.1, 0.15) is 40.2 Å². The van der Waals surface area contributed by atoms with Crippen LogP contribution in [-0.4, -0.2) is 31.4 Å². The number of nitrogens with two attached hydrogens (primary N) is 1. The molecule has 0 aliphatic carbocycles. The number of hydrogen-bond acceptors (Lipinski definition) is 3. The van der Waals surface area contributed by atoms with Crippen LogP contribution >= 0.6 is 12.4 Å². The minimum Gasteiger partial charge on any atom is -0.346 e. The summed E-state index contributed by atoms with van der Waals surface area (Å²) in [6, 6.07) is 7.28. The third-order valence-electron chi connectivity index (χ3n) is 3.93. The average molecular weight is 356 g/mol. The second kappa shape index (κ2) is 9.04. The molecule has 0 radical (unpaired) electrons. The Morgan fingerprint density at radius 2 is 1.67 bits per heavy atom. The van der Waals surface area contributed by atoms with E-state index in [9.17, 15) is 9.59 Å². The van der Waals surface area contributed by atoms with E-state index in [2.05, 4.69) is 26.1 Å². The largest absolute Gasteiger partial charge is 0.346 e. The SMILES string of the molecule is CC(C)[C@H](N)C(=O)NCC(=O)N(C)c1ccc(C(C)(C)C)cc1.Cl. The zero-order valence-corrected chi connectivity index (χ0v) is 16.2. The van der Waals surface area contributed by atoms with Crippen molar-refractivity contribution in [1.82, 2.24) is 5.32 Å². The Labute approximate surface area is 151 Å². The van der Waals surface area contributed by atoms with E-state index in [4.69, 9.17) is 5.73 Å². The lowest BCUT2D eigenvalue weighted by Gasteiger charge is -2.22. The van der Waals surface area contributed by atoms with Crippen molar-refractivity contribution in [2.45, 2.75) is 46.1 Å². The summed E-state index contributed by atoms with van der Waals surface area (Å²) in [5, 5.41) is 2.59. The number of nitrogens with one attached hydrogen (secondary N) is 1. The smallest absolute Gasteiger partial charge is 0.246 e. The first kappa shape index (κ1) is 22.4. The van der Waals surface area contributed by atoms with Crippen LogP contribution in [0.15, 0.2) is 24.3 Å². The molecule has 0 heterocycles. The Balaban J connectivity index is 0.00000529. The van der Waals surface area contributed by atoms with Crippen molar-refractivity contribution >= 4 is 29.9 Å². The Morgan fingerprint density at radius 3 is 2.08 bits per heavy atom. The van der Waals surface area contributed by atoms with E-state index in [0.717, 1.165) is 5.69 Å². The van der Waals surface area contributed by atoms with Crippen LogP contribution in [0.3, 0.4) is 0 Å². The van der Waals surface area contributed by atoms with Gasteiger partial charge in [-0.15, -0.1) is 12.4 Å². The van der Waals surface area contributed by atoms with E-state index in [1.165, 1.54) is 10.5 Å². The summed E-state index contributed by atoms with van der Waals surface area (Å²) in [4.78, 5) is 25.5. The van der Waals surface area contributed by atoms with Gasteiger partial charge in [-0.2, -0.15) is 0 Å². The van der Waals surface area contributed by atoms with Crippen molar-refractivity contribution in [2.75, 3.05) is 18.5 Å². The highest BCUT2D eigenvalue weighted by Gasteiger charge is 2.19. The fourth-order valence-corrected chi connectivity index (χ4v) is 2.03. The third kappa shape index (κ3) is 6.13. The van der Waals surface area contributed by atoms with Gasteiger partial charge in [0.2, 0.25) is 11.8 Å². The van der Waals surface area contributed by atoms with E-state index in [1.807, 2.05) is 38.1 Å². The molecule has 0 saturated carbocycles. The number of rotatable bonds is 5. The lowest BCUT2D eigenvalue weighted by Crippen LogP contribution is -2.47. The molecule has 0 fully saturated rings. The van der Waals surface area contributed by atoms with Crippen LogP contribution in [0.25, 0.3) is 0 Å². The molecule has 24 heavy (non-hydrogen) atoms. The number of likely N-dealkylation sites (N-methyl/N-ethyl adjacent to an activating group) is 1. The molecule has 1 aromatic rings. The molecule has 3 N–H and O–H groups in total. The minimum absolute atomic E-state index is 0. The van der Waals surface area contributed by atoms with Gasteiger partial charge in [0.25, 0.3) is 0 Å². The molecular weight excluding hydrogens is 326 g/mol.